The molecule has 1 aromatic carbocycles. The molecule has 0 aromatic heterocycles. The minimum atomic E-state index is -3.57. The van der Waals surface area contributed by atoms with Crippen LogP contribution in [0.4, 0.5) is 0 Å². The molecule has 89 valence electrons. The molecule has 0 unspecified atom stereocenters. The molecule has 0 fully saturated rings. The minimum Gasteiger partial charge on any atom is -0.393 e. The van der Waals surface area contributed by atoms with Crippen LogP contribution in [0.25, 0.3) is 0 Å². The summed E-state index contributed by atoms with van der Waals surface area (Å²) in [5.41, 5.74) is 0. The lowest BCUT2D eigenvalue weighted by Gasteiger charge is -2.18. The normalized spacial score (nSPS) is 11.7. The van der Waals surface area contributed by atoms with E-state index in [-0.39, 0.29) is 0 Å². The van der Waals surface area contributed by atoms with Crippen molar-refractivity contribution in [3.63, 3.8) is 0 Å². The maximum absolute atomic E-state index is 11.6. The molecule has 0 heterocycles. The van der Waals surface area contributed by atoms with Gasteiger partial charge in [0.25, 0.3) is 0 Å². The topological polar surface area (TPSA) is 58.6 Å². The van der Waals surface area contributed by atoms with Crippen molar-refractivity contribution in [1.82, 2.24) is 9.19 Å². The van der Waals surface area contributed by atoms with Crippen LogP contribution in [0.5, 0.6) is 5.75 Å². The molecular formula is C10H15N2O3S. The third-order valence-corrected chi connectivity index (χ3v) is 3.48. The van der Waals surface area contributed by atoms with Crippen LogP contribution in [0.15, 0.2) is 24.3 Å². The number of hydrogen-bond donors (Lipinski definition) is 1. The summed E-state index contributed by atoms with van der Waals surface area (Å²) in [6.45, 7) is 4.32. The van der Waals surface area contributed by atoms with Gasteiger partial charge in [0, 0.05) is 13.1 Å². The molecule has 0 aliphatic carbocycles. The Hall–Kier alpha value is -1.11. The maximum Gasteiger partial charge on any atom is 0.310 e. The molecule has 1 aromatic rings. The summed E-state index contributed by atoms with van der Waals surface area (Å²) in [4.78, 5) is 7.00. The van der Waals surface area contributed by atoms with Gasteiger partial charge in [0.2, 0.25) is 0 Å². The lowest BCUT2D eigenvalue weighted by molar-refractivity contribution is 0.253. The third kappa shape index (κ3) is 3.48. The predicted molar refractivity (Wildman–Crippen MR) is 60.9 cm³/mol. The van der Waals surface area contributed by atoms with Crippen molar-refractivity contribution in [2.24, 2.45) is 0 Å². The lowest BCUT2D eigenvalue weighted by atomic mass is 10.3. The fourth-order valence-electron chi connectivity index (χ4n) is 1.16. The van der Waals surface area contributed by atoms with Gasteiger partial charge in [-0.05, 0) is 23.1 Å². The van der Waals surface area contributed by atoms with Crippen LogP contribution in [-0.2, 0) is 10.2 Å². The quantitative estimate of drug-likeness (QED) is 0.757. The second-order valence-corrected chi connectivity index (χ2v) is 4.65. The van der Waals surface area contributed by atoms with E-state index in [9.17, 15) is 8.42 Å². The Bertz CT molecular complexity index is 401. The number of hydrogen-bond acceptors (Lipinski definition) is 3. The molecule has 0 aliphatic heterocycles. The standard InChI is InChI=1S/C10H15N2O3S/c1-3-12(4-2)16(13,14)11-15-10-8-6-5-7-9-10/h5-6,8-9,11H,3-4H2,1-2H3. The fourth-order valence-corrected chi connectivity index (χ4v) is 2.14. The van der Waals surface area contributed by atoms with Gasteiger partial charge in [-0.1, -0.05) is 26.0 Å². The second kappa shape index (κ2) is 5.83. The summed E-state index contributed by atoms with van der Waals surface area (Å²) in [5.74, 6) is 0.401. The monoisotopic (exact) mass is 243 g/mol. The molecule has 6 heteroatoms. The highest BCUT2D eigenvalue weighted by atomic mass is 32.2. The maximum atomic E-state index is 11.6. The minimum absolute atomic E-state index is 0.399. The van der Waals surface area contributed by atoms with Gasteiger partial charge in [0.1, 0.15) is 5.75 Å². The van der Waals surface area contributed by atoms with Crippen molar-refractivity contribution in [2.45, 2.75) is 13.8 Å². The van der Waals surface area contributed by atoms with Gasteiger partial charge < -0.3 is 4.84 Å². The van der Waals surface area contributed by atoms with Crippen molar-refractivity contribution in [3.05, 3.63) is 30.3 Å². The summed E-state index contributed by atoms with van der Waals surface area (Å²) in [6.07, 6.45) is 0. The van der Waals surface area contributed by atoms with Gasteiger partial charge in [-0.2, -0.15) is 12.7 Å². The number of nitrogens with zero attached hydrogens (tertiary/aromatic N) is 1. The summed E-state index contributed by atoms with van der Waals surface area (Å²) in [7, 11) is -3.57. The van der Waals surface area contributed by atoms with Gasteiger partial charge in [0.05, 0.1) is 0 Å². The number of rotatable bonds is 6. The molecule has 0 spiro atoms. The first kappa shape index (κ1) is 13.0. The number of benzene rings is 1. The average molecular weight is 243 g/mol. The highest BCUT2D eigenvalue weighted by Crippen LogP contribution is 2.07. The van der Waals surface area contributed by atoms with Gasteiger partial charge in [-0.3, -0.25) is 0 Å². The van der Waals surface area contributed by atoms with Crippen LogP contribution >= 0.6 is 0 Å². The molecule has 0 bridgehead atoms. The Labute approximate surface area is 96.2 Å². The van der Waals surface area contributed by atoms with Crippen LogP contribution in [-0.4, -0.2) is 25.8 Å². The molecule has 1 radical (unpaired) electrons. The highest BCUT2D eigenvalue weighted by Gasteiger charge is 2.18. The van der Waals surface area contributed by atoms with Gasteiger partial charge in [-0.25, -0.2) is 0 Å². The van der Waals surface area contributed by atoms with Crippen molar-refractivity contribution >= 4 is 10.2 Å². The Balaban J connectivity index is 2.61. The van der Waals surface area contributed by atoms with Crippen LogP contribution < -0.4 is 9.72 Å². The van der Waals surface area contributed by atoms with E-state index in [0.29, 0.717) is 18.8 Å². The molecule has 5 nitrogen and oxygen atoms in total. The summed E-state index contributed by atoms with van der Waals surface area (Å²) >= 11 is 0. The van der Waals surface area contributed by atoms with E-state index >= 15 is 0 Å². The zero-order valence-electron chi connectivity index (χ0n) is 9.30. The van der Waals surface area contributed by atoms with E-state index in [0.717, 1.165) is 0 Å². The highest BCUT2D eigenvalue weighted by molar-refractivity contribution is 7.87. The second-order valence-electron chi connectivity index (χ2n) is 3.01. The first-order valence-electron chi connectivity index (χ1n) is 5.00. The molecule has 0 amide bonds. The van der Waals surface area contributed by atoms with Crippen LogP contribution in [0.1, 0.15) is 13.8 Å². The fraction of sp³-hybridized carbons (Fsp3) is 0.400. The van der Waals surface area contributed by atoms with E-state index in [1.807, 2.05) is 0 Å². The molecule has 0 saturated carbocycles. The number of nitrogens with one attached hydrogen (secondary N) is 1. The van der Waals surface area contributed by atoms with E-state index in [1.165, 1.54) is 4.31 Å². The molecule has 16 heavy (non-hydrogen) atoms. The molecule has 0 aliphatic rings. The van der Waals surface area contributed by atoms with E-state index in [1.54, 1.807) is 38.1 Å². The van der Waals surface area contributed by atoms with Crippen LogP contribution in [0, 0.1) is 6.07 Å². The molecule has 1 N–H and O–H groups in total. The van der Waals surface area contributed by atoms with E-state index in [2.05, 4.69) is 11.0 Å². The van der Waals surface area contributed by atoms with Crippen molar-refractivity contribution in [1.29, 1.82) is 0 Å². The largest absolute Gasteiger partial charge is 0.393 e. The third-order valence-electron chi connectivity index (χ3n) is 1.99. The van der Waals surface area contributed by atoms with Crippen molar-refractivity contribution in [3.8, 4) is 5.75 Å². The van der Waals surface area contributed by atoms with Crippen LogP contribution in [0.2, 0.25) is 0 Å². The van der Waals surface area contributed by atoms with Gasteiger partial charge >= 0.3 is 10.2 Å². The van der Waals surface area contributed by atoms with E-state index < -0.39 is 10.2 Å². The summed E-state index contributed by atoms with van der Waals surface area (Å²) in [6, 6.07) is 9.38. The van der Waals surface area contributed by atoms with E-state index in [4.69, 9.17) is 4.84 Å². The predicted octanol–water partition coefficient (Wildman–Crippen LogP) is 0.957. The Morgan fingerprint density at radius 1 is 1.44 bits per heavy atom. The summed E-state index contributed by atoms with van der Waals surface area (Å²) < 4.78 is 24.6. The summed E-state index contributed by atoms with van der Waals surface area (Å²) in [5, 5.41) is 0. The Morgan fingerprint density at radius 3 is 2.62 bits per heavy atom. The zero-order chi connectivity index (χ0) is 12.0. The first-order valence-corrected chi connectivity index (χ1v) is 6.44. The first-order chi connectivity index (χ1) is 7.60. The van der Waals surface area contributed by atoms with Crippen LogP contribution in [0.3, 0.4) is 0 Å². The molecule has 0 atom stereocenters. The van der Waals surface area contributed by atoms with Gasteiger partial charge in [-0.15, -0.1) is 0 Å². The molecule has 1 rings (SSSR count). The zero-order valence-corrected chi connectivity index (χ0v) is 10.1. The van der Waals surface area contributed by atoms with Gasteiger partial charge in [0.15, 0.2) is 0 Å². The van der Waals surface area contributed by atoms with Crippen molar-refractivity contribution < 1.29 is 13.3 Å². The smallest absolute Gasteiger partial charge is 0.310 e. The SMILES string of the molecule is CCN(CC)S(=O)(=O)NOc1c[c]ccc1. The molecular weight excluding hydrogens is 228 g/mol. The van der Waals surface area contributed by atoms with Crippen molar-refractivity contribution in [2.75, 3.05) is 13.1 Å². The average Bonchev–Trinajstić information content (AvgIpc) is 2.29. The Morgan fingerprint density at radius 2 is 2.12 bits per heavy atom. The molecule has 0 saturated heterocycles. The lowest BCUT2D eigenvalue weighted by Crippen LogP contribution is -2.41. The Kier molecular flexibility index (Phi) is 4.72.